The van der Waals surface area contributed by atoms with Gasteiger partial charge in [-0.25, -0.2) is 4.79 Å². The van der Waals surface area contributed by atoms with Gasteiger partial charge in [0.25, 0.3) is 0 Å². The largest absolute Gasteiger partial charge is 0.478 e. The standard InChI is InChI=1S/C17H10F6O2/c18-16(19,20)12-5-1-10(2-6-12)9-14(15(24)25)11-3-7-13(8-4-11)17(21,22)23/h1-9H,(H,24,25)/b14-9+. The zero-order chi connectivity index (χ0) is 18.8. The monoisotopic (exact) mass is 360 g/mol. The third-order valence-corrected chi connectivity index (χ3v) is 3.30. The highest BCUT2D eigenvalue weighted by atomic mass is 19.4. The molecule has 0 unspecified atom stereocenters. The molecule has 0 heterocycles. The number of hydrogen-bond donors (Lipinski definition) is 1. The number of carboxylic acids is 1. The van der Waals surface area contributed by atoms with Gasteiger partial charge >= 0.3 is 18.3 Å². The molecule has 2 nitrogen and oxygen atoms in total. The lowest BCUT2D eigenvalue weighted by Crippen LogP contribution is -2.06. The van der Waals surface area contributed by atoms with Crippen LogP contribution in [0.1, 0.15) is 22.3 Å². The van der Waals surface area contributed by atoms with E-state index in [1.165, 1.54) is 0 Å². The normalized spacial score (nSPS) is 13.0. The first kappa shape index (κ1) is 18.6. The van der Waals surface area contributed by atoms with Crippen molar-refractivity contribution in [2.24, 2.45) is 0 Å². The van der Waals surface area contributed by atoms with Gasteiger partial charge in [-0.15, -0.1) is 0 Å². The molecule has 0 amide bonds. The van der Waals surface area contributed by atoms with E-state index in [2.05, 4.69) is 0 Å². The molecule has 8 heteroatoms. The van der Waals surface area contributed by atoms with E-state index in [-0.39, 0.29) is 16.7 Å². The molecule has 0 aliphatic heterocycles. The number of hydrogen-bond acceptors (Lipinski definition) is 1. The summed E-state index contributed by atoms with van der Waals surface area (Å²) >= 11 is 0. The number of alkyl halides is 6. The molecule has 2 rings (SSSR count). The second-order valence-electron chi connectivity index (χ2n) is 5.06. The molecule has 0 saturated heterocycles. The molecule has 0 aliphatic rings. The summed E-state index contributed by atoms with van der Waals surface area (Å²) in [4.78, 5) is 11.3. The van der Waals surface area contributed by atoms with Gasteiger partial charge in [-0.2, -0.15) is 26.3 Å². The smallest absolute Gasteiger partial charge is 0.416 e. The molecule has 0 fully saturated rings. The molecule has 0 spiro atoms. The Labute approximate surface area is 138 Å². The topological polar surface area (TPSA) is 37.3 Å². The predicted molar refractivity (Wildman–Crippen MR) is 78.4 cm³/mol. The minimum absolute atomic E-state index is 0.000368. The Bertz CT molecular complexity index is 784. The molecule has 2 aromatic carbocycles. The van der Waals surface area contributed by atoms with E-state index in [0.717, 1.165) is 54.6 Å². The first-order chi connectivity index (χ1) is 11.5. The second kappa shape index (κ2) is 6.62. The van der Waals surface area contributed by atoms with Crippen molar-refractivity contribution < 1.29 is 36.2 Å². The quantitative estimate of drug-likeness (QED) is 0.455. The number of carbonyl (C=O) groups is 1. The van der Waals surface area contributed by atoms with Crippen LogP contribution >= 0.6 is 0 Å². The van der Waals surface area contributed by atoms with Crippen molar-refractivity contribution in [3.63, 3.8) is 0 Å². The maximum Gasteiger partial charge on any atom is 0.416 e. The van der Waals surface area contributed by atoms with Gasteiger partial charge in [0.1, 0.15) is 0 Å². The third-order valence-electron chi connectivity index (χ3n) is 3.30. The van der Waals surface area contributed by atoms with Gasteiger partial charge in [-0.3, -0.25) is 0 Å². The summed E-state index contributed by atoms with van der Waals surface area (Å²) in [5.74, 6) is -1.42. The fourth-order valence-electron chi connectivity index (χ4n) is 2.04. The molecule has 0 bridgehead atoms. The zero-order valence-corrected chi connectivity index (χ0v) is 12.3. The summed E-state index contributed by atoms with van der Waals surface area (Å²) in [7, 11) is 0. The number of halogens is 6. The fraction of sp³-hybridized carbons (Fsp3) is 0.118. The fourth-order valence-corrected chi connectivity index (χ4v) is 2.04. The summed E-state index contributed by atoms with van der Waals surface area (Å²) in [6.07, 6.45) is -7.99. The van der Waals surface area contributed by atoms with Gasteiger partial charge < -0.3 is 5.11 Å². The van der Waals surface area contributed by atoms with Crippen LogP contribution in [0.4, 0.5) is 26.3 Å². The number of carboxylic acid groups (broad SMARTS) is 1. The molecule has 0 atom stereocenters. The molecule has 2 aromatic rings. The zero-order valence-electron chi connectivity index (χ0n) is 12.3. The van der Waals surface area contributed by atoms with E-state index in [9.17, 15) is 36.2 Å². The van der Waals surface area contributed by atoms with Crippen LogP contribution in [0.2, 0.25) is 0 Å². The summed E-state index contributed by atoms with van der Waals surface area (Å²) in [5, 5.41) is 9.23. The van der Waals surface area contributed by atoms with E-state index in [1.54, 1.807) is 0 Å². The van der Waals surface area contributed by atoms with Gasteiger partial charge in [0.2, 0.25) is 0 Å². The molecule has 132 valence electrons. The van der Waals surface area contributed by atoms with E-state index in [1.807, 2.05) is 0 Å². The molecule has 0 aliphatic carbocycles. The second-order valence-corrected chi connectivity index (χ2v) is 5.06. The predicted octanol–water partition coefficient (Wildman–Crippen LogP) is 5.35. The van der Waals surface area contributed by atoms with Gasteiger partial charge in [0.05, 0.1) is 16.7 Å². The van der Waals surface area contributed by atoms with Crippen LogP contribution in [0.25, 0.3) is 11.6 Å². The molecule has 0 aromatic heterocycles. The highest BCUT2D eigenvalue weighted by Gasteiger charge is 2.31. The summed E-state index contributed by atoms with van der Waals surface area (Å²) in [5.41, 5.74) is -1.99. The Morgan fingerprint density at radius 3 is 1.52 bits per heavy atom. The third kappa shape index (κ3) is 4.62. The maximum atomic E-state index is 12.5. The SMILES string of the molecule is O=C(O)/C(=C/c1ccc(C(F)(F)F)cc1)c1ccc(C(F)(F)F)cc1. The van der Waals surface area contributed by atoms with Crippen LogP contribution in [0.15, 0.2) is 48.5 Å². The van der Waals surface area contributed by atoms with Crippen LogP contribution < -0.4 is 0 Å². The summed E-state index contributed by atoms with van der Waals surface area (Å²) in [6.45, 7) is 0. The van der Waals surface area contributed by atoms with Crippen LogP contribution in [0, 0.1) is 0 Å². The molecular formula is C17H10F6O2. The Morgan fingerprint density at radius 1 is 0.760 bits per heavy atom. The highest BCUT2D eigenvalue weighted by molar-refractivity contribution is 6.20. The van der Waals surface area contributed by atoms with E-state index in [0.29, 0.717) is 0 Å². The average molecular weight is 360 g/mol. The lowest BCUT2D eigenvalue weighted by molar-refractivity contribution is -0.138. The van der Waals surface area contributed by atoms with E-state index < -0.39 is 29.4 Å². The lowest BCUT2D eigenvalue weighted by Gasteiger charge is -2.09. The summed E-state index contributed by atoms with van der Waals surface area (Å²) in [6, 6.07) is 7.19. The maximum absolute atomic E-state index is 12.5. The van der Waals surface area contributed by atoms with Gasteiger partial charge in [-0.05, 0) is 41.5 Å². The minimum Gasteiger partial charge on any atom is -0.478 e. The Kier molecular flexibility index (Phi) is 4.92. The van der Waals surface area contributed by atoms with Crippen molar-refractivity contribution in [1.82, 2.24) is 0 Å². The Balaban J connectivity index is 2.38. The molecule has 1 N–H and O–H groups in total. The van der Waals surface area contributed by atoms with Crippen molar-refractivity contribution in [2.45, 2.75) is 12.4 Å². The van der Waals surface area contributed by atoms with Crippen molar-refractivity contribution in [2.75, 3.05) is 0 Å². The van der Waals surface area contributed by atoms with Gasteiger partial charge in [0, 0.05) is 0 Å². The molecule has 0 saturated carbocycles. The summed E-state index contributed by atoms with van der Waals surface area (Å²) < 4.78 is 75.1. The number of benzene rings is 2. The Hall–Kier alpha value is -2.77. The van der Waals surface area contributed by atoms with Crippen LogP contribution in [-0.4, -0.2) is 11.1 Å². The van der Waals surface area contributed by atoms with Crippen molar-refractivity contribution in [1.29, 1.82) is 0 Å². The van der Waals surface area contributed by atoms with E-state index >= 15 is 0 Å². The van der Waals surface area contributed by atoms with Crippen molar-refractivity contribution in [3.8, 4) is 0 Å². The van der Waals surface area contributed by atoms with Gasteiger partial charge in [0.15, 0.2) is 0 Å². The molecule has 0 radical (unpaired) electrons. The van der Waals surface area contributed by atoms with Crippen LogP contribution in [0.3, 0.4) is 0 Å². The lowest BCUT2D eigenvalue weighted by atomic mass is 10.0. The average Bonchev–Trinajstić information content (AvgIpc) is 2.51. The Morgan fingerprint density at radius 2 is 1.16 bits per heavy atom. The highest BCUT2D eigenvalue weighted by Crippen LogP contribution is 2.31. The number of aliphatic carboxylic acids is 1. The van der Waals surface area contributed by atoms with Crippen LogP contribution in [-0.2, 0) is 17.1 Å². The van der Waals surface area contributed by atoms with Crippen molar-refractivity contribution >= 4 is 17.6 Å². The van der Waals surface area contributed by atoms with Gasteiger partial charge in [-0.1, -0.05) is 24.3 Å². The minimum atomic E-state index is -4.56. The van der Waals surface area contributed by atoms with E-state index in [4.69, 9.17) is 0 Å². The molecular weight excluding hydrogens is 350 g/mol. The number of rotatable bonds is 3. The first-order valence-corrected chi connectivity index (χ1v) is 6.78. The van der Waals surface area contributed by atoms with Crippen LogP contribution in [0.5, 0.6) is 0 Å². The first-order valence-electron chi connectivity index (χ1n) is 6.78. The molecule has 25 heavy (non-hydrogen) atoms. The van der Waals surface area contributed by atoms with Crippen molar-refractivity contribution in [3.05, 3.63) is 70.8 Å².